The molecule has 8 nitrogen and oxygen atoms in total. The first-order valence-corrected chi connectivity index (χ1v) is 9.33. The Morgan fingerprint density at radius 1 is 1.30 bits per heavy atom. The van der Waals surface area contributed by atoms with Crippen LogP contribution in [0.15, 0.2) is 10.6 Å². The lowest BCUT2D eigenvalue weighted by molar-refractivity contribution is -0.131. The second kappa shape index (κ2) is 7.94. The number of carbonyl (C=O) groups excluding carboxylic acids is 2. The van der Waals surface area contributed by atoms with Gasteiger partial charge in [-0.15, -0.1) is 0 Å². The van der Waals surface area contributed by atoms with Crippen molar-refractivity contribution in [2.45, 2.75) is 66.1 Å². The summed E-state index contributed by atoms with van der Waals surface area (Å²) in [4.78, 5) is 26.7. The van der Waals surface area contributed by atoms with Crippen LogP contribution >= 0.6 is 0 Å². The van der Waals surface area contributed by atoms with Crippen LogP contribution in [-0.4, -0.2) is 44.2 Å². The van der Waals surface area contributed by atoms with Gasteiger partial charge in [-0.05, 0) is 46.6 Å². The highest BCUT2D eigenvalue weighted by Gasteiger charge is 2.25. The molecule has 8 heteroatoms. The van der Waals surface area contributed by atoms with Crippen LogP contribution < -0.4 is 5.32 Å². The maximum atomic E-state index is 12.5. The molecule has 1 unspecified atom stereocenters. The molecule has 27 heavy (non-hydrogen) atoms. The average molecular weight is 373 g/mol. The van der Waals surface area contributed by atoms with Crippen LogP contribution in [0, 0.1) is 27.7 Å². The minimum atomic E-state index is -0.0715. The number of aryl methyl sites for hydroxylation is 4. The molecular weight excluding hydrogens is 346 g/mol. The Bertz CT molecular complexity index is 819. The Balaban J connectivity index is 1.56. The largest absolute Gasteiger partial charge is 0.361 e. The van der Waals surface area contributed by atoms with E-state index in [9.17, 15) is 9.59 Å². The van der Waals surface area contributed by atoms with Gasteiger partial charge in [-0.2, -0.15) is 5.10 Å². The quantitative estimate of drug-likeness (QED) is 0.863. The zero-order chi connectivity index (χ0) is 19.6. The summed E-state index contributed by atoms with van der Waals surface area (Å²) in [6.07, 6.45) is 1.81. The second-order valence-corrected chi connectivity index (χ2v) is 7.29. The first-order valence-electron chi connectivity index (χ1n) is 9.33. The van der Waals surface area contributed by atoms with E-state index in [1.165, 1.54) is 0 Å². The van der Waals surface area contributed by atoms with Gasteiger partial charge in [0.25, 0.3) is 0 Å². The van der Waals surface area contributed by atoms with Crippen LogP contribution in [-0.2, 0) is 22.7 Å². The van der Waals surface area contributed by atoms with Gasteiger partial charge in [0.1, 0.15) is 12.3 Å². The molecule has 1 N–H and O–H groups in total. The van der Waals surface area contributed by atoms with Gasteiger partial charge in [0.2, 0.25) is 11.8 Å². The van der Waals surface area contributed by atoms with E-state index in [1.807, 2.05) is 38.7 Å². The summed E-state index contributed by atoms with van der Waals surface area (Å²) >= 11 is 0. The summed E-state index contributed by atoms with van der Waals surface area (Å²) in [5.74, 6) is 0.780. The van der Waals surface area contributed by atoms with E-state index >= 15 is 0 Å². The fraction of sp³-hybridized carbons (Fsp3) is 0.579. The summed E-state index contributed by atoms with van der Waals surface area (Å²) in [6.45, 7) is 8.90. The van der Waals surface area contributed by atoms with Crippen LogP contribution in [0.2, 0.25) is 0 Å². The van der Waals surface area contributed by atoms with E-state index in [-0.39, 0.29) is 24.4 Å². The third-order valence-corrected chi connectivity index (χ3v) is 5.10. The lowest BCUT2D eigenvalue weighted by Crippen LogP contribution is -2.38. The van der Waals surface area contributed by atoms with E-state index in [0.29, 0.717) is 25.9 Å². The molecular formula is C19H27N5O3. The van der Waals surface area contributed by atoms with Crippen LogP contribution in [0.1, 0.15) is 47.7 Å². The van der Waals surface area contributed by atoms with Crippen LogP contribution in [0.5, 0.6) is 0 Å². The van der Waals surface area contributed by atoms with Gasteiger partial charge in [-0.25, -0.2) is 0 Å². The van der Waals surface area contributed by atoms with Crippen molar-refractivity contribution >= 4 is 11.8 Å². The highest BCUT2D eigenvalue weighted by atomic mass is 16.5. The number of nitrogens with one attached hydrogen (secondary N) is 1. The first-order chi connectivity index (χ1) is 12.8. The normalized spacial score (nSPS) is 17.9. The maximum Gasteiger partial charge on any atom is 0.241 e. The van der Waals surface area contributed by atoms with Crippen molar-refractivity contribution in [2.75, 3.05) is 6.54 Å². The van der Waals surface area contributed by atoms with E-state index in [2.05, 4.69) is 15.6 Å². The lowest BCUT2D eigenvalue weighted by Gasteiger charge is -2.21. The summed E-state index contributed by atoms with van der Waals surface area (Å²) in [7, 11) is 0. The molecule has 2 aromatic heterocycles. The highest BCUT2D eigenvalue weighted by molar-refractivity contribution is 5.78. The third-order valence-electron chi connectivity index (χ3n) is 5.10. The number of rotatable bonds is 5. The summed E-state index contributed by atoms with van der Waals surface area (Å²) < 4.78 is 6.90. The molecule has 0 aliphatic carbocycles. The van der Waals surface area contributed by atoms with Crippen molar-refractivity contribution in [1.29, 1.82) is 0 Å². The molecule has 3 heterocycles. The Labute approximate surface area is 158 Å². The minimum absolute atomic E-state index is 0.00640. The molecule has 2 aromatic rings. The Kier molecular flexibility index (Phi) is 5.62. The second-order valence-electron chi connectivity index (χ2n) is 7.29. The topological polar surface area (TPSA) is 93.3 Å². The predicted octanol–water partition coefficient (Wildman–Crippen LogP) is 1.80. The average Bonchev–Trinajstić information content (AvgIpc) is 3.02. The van der Waals surface area contributed by atoms with Crippen LogP contribution in [0.4, 0.5) is 0 Å². The van der Waals surface area contributed by atoms with Crippen molar-refractivity contribution < 1.29 is 14.1 Å². The number of amides is 2. The SMILES string of the molecule is Cc1cc(C)n(CC(=O)NC2CCC(=O)N(Cc3c(C)noc3C)CC2)n1. The van der Waals surface area contributed by atoms with Crippen LogP contribution in [0.25, 0.3) is 0 Å². The Morgan fingerprint density at radius 3 is 2.70 bits per heavy atom. The smallest absolute Gasteiger partial charge is 0.241 e. The Morgan fingerprint density at radius 2 is 2.07 bits per heavy atom. The van der Waals surface area contributed by atoms with E-state index < -0.39 is 0 Å². The fourth-order valence-electron chi connectivity index (χ4n) is 3.51. The maximum absolute atomic E-state index is 12.5. The van der Waals surface area contributed by atoms with Gasteiger partial charge in [0.15, 0.2) is 0 Å². The Hall–Kier alpha value is -2.64. The number of carbonyl (C=O) groups is 2. The van der Waals surface area contributed by atoms with Crippen molar-refractivity contribution in [3.8, 4) is 0 Å². The van der Waals surface area contributed by atoms with Crippen molar-refractivity contribution in [3.63, 3.8) is 0 Å². The third kappa shape index (κ3) is 4.56. The molecule has 1 atom stereocenters. The number of hydrogen-bond acceptors (Lipinski definition) is 5. The van der Waals surface area contributed by atoms with Gasteiger partial charge >= 0.3 is 0 Å². The molecule has 1 aliphatic heterocycles. The fourth-order valence-corrected chi connectivity index (χ4v) is 3.51. The molecule has 0 saturated carbocycles. The number of likely N-dealkylation sites (tertiary alicyclic amines) is 1. The predicted molar refractivity (Wildman–Crippen MR) is 98.9 cm³/mol. The van der Waals surface area contributed by atoms with E-state index in [0.717, 1.165) is 34.8 Å². The molecule has 0 spiro atoms. The van der Waals surface area contributed by atoms with Gasteiger partial charge in [-0.3, -0.25) is 14.3 Å². The number of hydrogen-bond donors (Lipinski definition) is 1. The lowest BCUT2D eigenvalue weighted by atomic mass is 10.1. The number of aromatic nitrogens is 3. The summed E-state index contributed by atoms with van der Waals surface area (Å²) in [5, 5.41) is 11.3. The molecule has 0 aromatic carbocycles. The van der Waals surface area contributed by atoms with E-state index in [4.69, 9.17) is 4.52 Å². The van der Waals surface area contributed by atoms with Gasteiger partial charge in [-0.1, -0.05) is 5.16 Å². The zero-order valence-electron chi connectivity index (χ0n) is 16.4. The van der Waals surface area contributed by atoms with Crippen LogP contribution in [0.3, 0.4) is 0 Å². The molecule has 0 bridgehead atoms. The first kappa shape index (κ1) is 19.1. The summed E-state index contributed by atoms with van der Waals surface area (Å²) in [5.41, 5.74) is 3.65. The van der Waals surface area contributed by atoms with Gasteiger partial charge in [0.05, 0.1) is 17.9 Å². The molecule has 1 saturated heterocycles. The van der Waals surface area contributed by atoms with Gasteiger partial charge in [0, 0.05) is 30.3 Å². The number of nitrogens with zero attached hydrogens (tertiary/aromatic N) is 4. The summed E-state index contributed by atoms with van der Waals surface area (Å²) in [6, 6.07) is 1.94. The standard InChI is InChI=1S/C19H27N5O3/c1-12-9-13(2)24(21-12)11-18(25)20-16-5-6-19(26)23(8-7-16)10-17-14(3)22-27-15(17)4/h9,16H,5-8,10-11H2,1-4H3,(H,20,25). The molecule has 2 amide bonds. The van der Waals surface area contributed by atoms with Crippen molar-refractivity contribution in [1.82, 2.24) is 25.2 Å². The van der Waals surface area contributed by atoms with Crippen molar-refractivity contribution in [2.24, 2.45) is 0 Å². The molecule has 1 fully saturated rings. The monoisotopic (exact) mass is 373 g/mol. The molecule has 3 rings (SSSR count). The van der Waals surface area contributed by atoms with Gasteiger partial charge < -0.3 is 14.7 Å². The van der Waals surface area contributed by atoms with Crippen molar-refractivity contribution in [3.05, 3.63) is 34.5 Å². The van der Waals surface area contributed by atoms with E-state index in [1.54, 1.807) is 4.68 Å². The molecule has 146 valence electrons. The minimum Gasteiger partial charge on any atom is -0.361 e. The molecule has 1 aliphatic rings. The zero-order valence-corrected chi connectivity index (χ0v) is 16.4. The molecule has 0 radical (unpaired) electrons. The highest BCUT2D eigenvalue weighted by Crippen LogP contribution is 2.19.